The lowest BCUT2D eigenvalue weighted by molar-refractivity contribution is -0.0556. The highest BCUT2D eigenvalue weighted by molar-refractivity contribution is 4.74. The molecule has 1 rings (SSSR count). The molecule has 0 amide bonds. The van der Waals surface area contributed by atoms with E-state index < -0.39 is 0 Å². The van der Waals surface area contributed by atoms with Gasteiger partial charge in [-0.1, -0.05) is 27.7 Å². The molecule has 0 aromatic rings. The van der Waals surface area contributed by atoms with Crippen LogP contribution in [0.3, 0.4) is 0 Å². The largest absolute Gasteiger partial charge is 0.381 e. The van der Waals surface area contributed by atoms with Crippen molar-refractivity contribution in [2.24, 2.45) is 5.41 Å². The molecule has 0 saturated carbocycles. The average molecular weight is 229 g/mol. The third-order valence-electron chi connectivity index (χ3n) is 2.87. The Morgan fingerprint density at radius 2 is 1.94 bits per heavy atom. The van der Waals surface area contributed by atoms with Crippen LogP contribution in [0.15, 0.2) is 0 Å². The fourth-order valence-corrected chi connectivity index (χ4v) is 1.72. The molecule has 3 nitrogen and oxygen atoms in total. The van der Waals surface area contributed by atoms with E-state index in [1.165, 1.54) is 0 Å². The third-order valence-corrected chi connectivity index (χ3v) is 2.87. The molecule has 1 saturated heterocycles. The van der Waals surface area contributed by atoms with Crippen LogP contribution < -0.4 is 5.32 Å². The van der Waals surface area contributed by atoms with Gasteiger partial charge in [0.05, 0.1) is 12.7 Å². The summed E-state index contributed by atoms with van der Waals surface area (Å²) in [4.78, 5) is 0. The lowest BCUT2D eigenvalue weighted by atomic mass is 9.94. The Hall–Kier alpha value is -0.120. The van der Waals surface area contributed by atoms with E-state index in [4.69, 9.17) is 9.47 Å². The summed E-state index contributed by atoms with van der Waals surface area (Å²) in [5.74, 6) is 0. The van der Waals surface area contributed by atoms with Gasteiger partial charge in [-0.2, -0.15) is 0 Å². The van der Waals surface area contributed by atoms with Crippen molar-refractivity contribution in [3.8, 4) is 0 Å². The van der Waals surface area contributed by atoms with Gasteiger partial charge in [-0.3, -0.25) is 0 Å². The lowest BCUT2D eigenvalue weighted by Gasteiger charge is -2.30. The second-order valence-electron chi connectivity index (χ2n) is 5.82. The topological polar surface area (TPSA) is 30.5 Å². The highest BCUT2D eigenvalue weighted by Crippen LogP contribution is 2.18. The first-order valence-corrected chi connectivity index (χ1v) is 6.42. The van der Waals surface area contributed by atoms with E-state index in [9.17, 15) is 0 Å². The highest BCUT2D eigenvalue weighted by Gasteiger charge is 2.22. The Bertz CT molecular complexity index is 186. The Kier molecular flexibility index (Phi) is 5.73. The van der Waals surface area contributed by atoms with E-state index in [2.05, 4.69) is 33.0 Å². The molecule has 0 bridgehead atoms. The second kappa shape index (κ2) is 6.58. The second-order valence-corrected chi connectivity index (χ2v) is 5.82. The number of rotatable bonds is 6. The summed E-state index contributed by atoms with van der Waals surface area (Å²) in [6.07, 6.45) is 2.51. The average Bonchev–Trinajstić information content (AvgIpc) is 2.26. The van der Waals surface area contributed by atoms with Gasteiger partial charge >= 0.3 is 0 Å². The van der Waals surface area contributed by atoms with Crippen molar-refractivity contribution in [3.63, 3.8) is 0 Å². The molecule has 1 aliphatic heterocycles. The van der Waals surface area contributed by atoms with Crippen LogP contribution in [0.25, 0.3) is 0 Å². The zero-order chi connectivity index (χ0) is 12.0. The predicted octanol–water partition coefficient (Wildman–Crippen LogP) is 2.21. The summed E-state index contributed by atoms with van der Waals surface area (Å²) in [5, 5.41) is 3.47. The van der Waals surface area contributed by atoms with Crippen molar-refractivity contribution in [2.75, 3.05) is 26.4 Å². The molecular formula is C13H27NO2. The summed E-state index contributed by atoms with van der Waals surface area (Å²) >= 11 is 0. The molecule has 96 valence electrons. The van der Waals surface area contributed by atoms with Crippen LogP contribution in [0.5, 0.6) is 0 Å². The molecule has 0 radical (unpaired) electrons. The van der Waals surface area contributed by atoms with Gasteiger partial charge in [0.15, 0.2) is 0 Å². The summed E-state index contributed by atoms with van der Waals surface area (Å²) in [5.41, 5.74) is 0.211. The Balaban J connectivity index is 2.18. The Morgan fingerprint density at radius 3 is 2.50 bits per heavy atom. The van der Waals surface area contributed by atoms with Gasteiger partial charge in [-0.05, 0) is 12.8 Å². The minimum absolute atomic E-state index is 0.211. The number of ether oxygens (including phenoxy) is 2. The monoisotopic (exact) mass is 229 g/mol. The molecule has 3 heteroatoms. The molecule has 1 aliphatic rings. The van der Waals surface area contributed by atoms with E-state index in [0.29, 0.717) is 12.1 Å². The van der Waals surface area contributed by atoms with Gasteiger partial charge in [0.2, 0.25) is 0 Å². The lowest BCUT2D eigenvalue weighted by Crippen LogP contribution is -2.38. The first kappa shape index (κ1) is 13.9. The van der Waals surface area contributed by atoms with E-state index in [1.807, 2.05) is 0 Å². The number of hydrogen-bond donors (Lipinski definition) is 1. The molecule has 0 atom stereocenters. The van der Waals surface area contributed by atoms with Crippen molar-refractivity contribution in [2.45, 2.75) is 52.7 Å². The van der Waals surface area contributed by atoms with Gasteiger partial charge in [-0.25, -0.2) is 0 Å². The van der Waals surface area contributed by atoms with Crippen LogP contribution in [0.4, 0.5) is 0 Å². The van der Waals surface area contributed by atoms with Gasteiger partial charge in [0, 0.05) is 31.2 Å². The SMILES string of the molecule is CC(C)NCC(C)(C)COC1CCOCC1. The smallest absolute Gasteiger partial charge is 0.0619 e. The minimum Gasteiger partial charge on any atom is -0.381 e. The van der Waals surface area contributed by atoms with Crippen molar-refractivity contribution in [3.05, 3.63) is 0 Å². The van der Waals surface area contributed by atoms with Crippen LogP contribution in [0, 0.1) is 5.41 Å². The summed E-state index contributed by atoms with van der Waals surface area (Å²) in [6, 6.07) is 0.544. The predicted molar refractivity (Wildman–Crippen MR) is 66.7 cm³/mol. The highest BCUT2D eigenvalue weighted by atomic mass is 16.5. The standard InChI is InChI=1S/C13H27NO2/c1-11(2)14-9-13(3,4)10-16-12-5-7-15-8-6-12/h11-12,14H,5-10H2,1-4H3. The summed E-state index contributed by atoms with van der Waals surface area (Å²) < 4.78 is 11.3. The molecule has 16 heavy (non-hydrogen) atoms. The Morgan fingerprint density at radius 1 is 1.31 bits per heavy atom. The Labute approximate surface area is 99.9 Å². The molecule has 1 N–H and O–H groups in total. The van der Waals surface area contributed by atoms with Crippen LogP contribution in [0.1, 0.15) is 40.5 Å². The molecule has 0 spiro atoms. The molecular weight excluding hydrogens is 202 g/mol. The molecule has 1 heterocycles. The van der Waals surface area contributed by atoms with E-state index in [1.54, 1.807) is 0 Å². The zero-order valence-corrected chi connectivity index (χ0v) is 11.2. The molecule has 0 unspecified atom stereocenters. The fraction of sp³-hybridized carbons (Fsp3) is 1.00. The van der Waals surface area contributed by atoms with Crippen molar-refractivity contribution >= 4 is 0 Å². The quantitative estimate of drug-likeness (QED) is 0.757. The van der Waals surface area contributed by atoms with Gasteiger partial charge in [0.1, 0.15) is 0 Å². The van der Waals surface area contributed by atoms with Crippen molar-refractivity contribution in [1.29, 1.82) is 0 Å². The van der Waals surface area contributed by atoms with Gasteiger partial charge in [-0.15, -0.1) is 0 Å². The van der Waals surface area contributed by atoms with Crippen LogP contribution >= 0.6 is 0 Å². The third kappa shape index (κ3) is 5.83. The molecule has 0 aromatic heterocycles. The van der Waals surface area contributed by atoms with Crippen LogP contribution in [-0.4, -0.2) is 38.5 Å². The van der Waals surface area contributed by atoms with Crippen LogP contribution in [0.2, 0.25) is 0 Å². The normalized spacial score (nSPS) is 19.3. The molecule has 0 aromatic carbocycles. The fourth-order valence-electron chi connectivity index (χ4n) is 1.72. The van der Waals surface area contributed by atoms with E-state index in [-0.39, 0.29) is 5.41 Å². The molecule has 0 aliphatic carbocycles. The number of nitrogens with one attached hydrogen (secondary N) is 1. The minimum atomic E-state index is 0.211. The zero-order valence-electron chi connectivity index (χ0n) is 11.2. The van der Waals surface area contributed by atoms with Crippen molar-refractivity contribution in [1.82, 2.24) is 5.32 Å². The van der Waals surface area contributed by atoms with E-state index in [0.717, 1.165) is 39.2 Å². The maximum Gasteiger partial charge on any atom is 0.0619 e. The maximum absolute atomic E-state index is 5.96. The first-order valence-electron chi connectivity index (χ1n) is 6.42. The maximum atomic E-state index is 5.96. The number of hydrogen-bond acceptors (Lipinski definition) is 3. The van der Waals surface area contributed by atoms with E-state index >= 15 is 0 Å². The first-order chi connectivity index (χ1) is 7.49. The summed E-state index contributed by atoms with van der Waals surface area (Å²) in [6.45, 7) is 12.4. The van der Waals surface area contributed by atoms with Gasteiger partial charge < -0.3 is 14.8 Å². The van der Waals surface area contributed by atoms with Crippen molar-refractivity contribution < 1.29 is 9.47 Å². The summed E-state index contributed by atoms with van der Waals surface area (Å²) in [7, 11) is 0. The van der Waals surface area contributed by atoms with Gasteiger partial charge in [0.25, 0.3) is 0 Å². The molecule has 1 fully saturated rings. The van der Waals surface area contributed by atoms with Crippen LogP contribution in [-0.2, 0) is 9.47 Å².